The van der Waals surface area contributed by atoms with Gasteiger partial charge >= 0.3 is 6.61 Å². The molecule has 28 heavy (non-hydrogen) atoms. The predicted molar refractivity (Wildman–Crippen MR) is 105 cm³/mol. The number of halogens is 2. The van der Waals surface area contributed by atoms with Gasteiger partial charge < -0.3 is 19.9 Å². The highest BCUT2D eigenvalue weighted by molar-refractivity contribution is 5.79. The fraction of sp³-hybridized carbons (Fsp3) is 0.500. The molecular formula is C20H28F2N4O2. The van der Waals surface area contributed by atoms with Gasteiger partial charge in [0.25, 0.3) is 0 Å². The van der Waals surface area contributed by atoms with Crippen molar-refractivity contribution in [3.05, 3.63) is 47.3 Å². The van der Waals surface area contributed by atoms with Crippen molar-refractivity contribution in [3.8, 4) is 5.75 Å². The Kier molecular flexibility index (Phi) is 8.71. The molecule has 0 amide bonds. The van der Waals surface area contributed by atoms with Crippen molar-refractivity contribution < 1.29 is 18.0 Å². The van der Waals surface area contributed by atoms with E-state index in [0.717, 1.165) is 29.9 Å². The van der Waals surface area contributed by atoms with Crippen LogP contribution < -0.4 is 15.4 Å². The second-order valence-corrected chi connectivity index (χ2v) is 6.31. The minimum absolute atomic E-state index is 0.122. The van der Waals surface area contributed by atoms with E-state index in [2.05, 4.69) is 39.4 Å². The Hall–Kier alpha value is -2.64. The summed E-state index contributed by atoms with van der Waals surface area (Å²) in [5, 5.41) is 10.5. The maximum Gasteiger partial charge on any atom is 0.387 e. The maximum atomic E-state index is 12.3. The summed E-state index contributed by atoms with van der Waals surface area (Å²) >= 11 is 0. The van der Waals surface area contributed by atoms with Crippen LogP contribution in [0.5, 0.6) is 5.75 Å². The Balaban J connectivity index is 1.97. The van der Waals surface area contributed by atoms with Gasteiger partial charge in [-0.1, -0.05) is 31.1 Å². The average Bonchev–Trinajstić information content (AvgIpc) is 3.13. The zero-order valence-electron chi connectivity index (χ0n) is 16.5. The van der Waals surface area contributed by atoms with Crippen LogP contribution in [0.3, 0.4) is 0 Å². The van der Waals surface area contributed by atoms with Gasteiger partial charge in [0.05, 0.1) is 18.8 Å². The topological polar surface area (TPSA) is 71.7 Å². The highest BCUT2D eigenvalue weighted by atomic mass is 19.3. The lowest BCUT2D eigenvalue weighted by molar-refractivity contribution is -0.0498. The lowest BCUT2D eigenvalue weighted by atomic mass is 9.99. The lowest BCUT2D eigenvalue weighted by Gasteiger charge is -2.10. The highest BCUT2D eigenvalue weighted by Gasteiger charge is 2.13. The number of hydrogen-bond acceptors (Lipinski definition) is 4. The van der Waals surface area contributed by atoms with Gasteiger partial charge in [0.2, 0.25) is 0 Å². The fourth-order valence-corrected chi connectivity index (χ4v) is 2.81. The van der Waals surface area contributed by atoms with Gasteiger partial charge in [0.1, 0.15) is 5.75 Å². The molecule has 1 aromatic heterocycles. The van der Waals surface area contributed by atoms with E-state index in [1.54, 1.807) is 12.1 Å². The minimum atomic E-state index is -2.84. The Morgan fingerprint density at radius 2 is 1.96 bits per heavy atom. The molecule has 2 N–H and O–H groups in total. The first kappa shape index (κ1) is 21.7. The molecule has 0 aliphatic heterocycles. The molecule has 0 aliphatic rings. The minimum Gasteiger partial charge on any atom is -0.435 e. The second-order valence-electron chi connectivity index (χ2n) is 6.31. The van der Waals surface area contributed by atoms with Gasteiger partial charge in [-0.3, -0.25) is 0 Å². The number of aromatic nitrogens is 1. The number of nitrogens with zero attached hydrogens (tertiary/aromatic N) is 2. The third-order valence-electron chi connectivity index (χ3n) is 4.30. The lowest BCUT2D eigenvalue weighted by Crippen LogP contribution is -2.36. The first-order valence-electron chi connectivity index (χ1n) is 9.57. The molecule has 0 saturated carbocycles. The Labute approximate surface area is 164 Å². The number of guanidine groups is 1. The molecule has 0 fully saturated rings. The molecule has 154 valence electrons. The number of nitrogens with one attached hydrogen (secondary N) is 2. The zero-order valence-corrected chi connectivity index (χ0v) is 16.5. The van der Waals surface area contributed by atoms with Crippen molar-refractivity contribution in [1.29, 1.82) is 0 Å². The Bertz CT molecular complexity index is 745. The number of aliphatic imine (C=N–C) groups is 1. The second kappa shape index (κ2) is 11.3. The zero-order chi connectivity index (χ0) is 20.4. The third kappa shape index (κ3) is 6.83. The molecule has 0 atom stereocenters. The first-order valence-corrected chi connectivity index (χ1v) is 9.57. The van der Waals surface area contributed by atoms with Crippen LogP contribution >= 0.6 is 0 Å². The van der Waals surface area contributed by atoms with Crippen LogP contribution in [0, 0.1) is 0 Å². The molecule has 1 aromatic carbocycles. The van der Waals surface area contributed by atoms with E-state index in [-0.39, 0.29) is 5.75 Å². The van der Waals surface area contributed by atoms with Crippen LogP contribution in [-0.4, -0.2) is 24.3 Å². The third-order valence-corrected chi connectivity index (χ3v) is 4.30. The van der Waals surface area contributed by atoms with Crippen LogP contribution in [0.25, 0.3) is 0 Å². The monoisotopic (exact) mass is 394 g/mol. The summed E-state index contributed by atoms with van der Waals surface area (Å²) in [6.07, 6.45) is 2.04. The molecule has 8 heteroatoms. The number of benzene rings is 1. The molecule has 0 radical (unpaired) electrons. The van der Waals surface area contributed by atoms with Crippen molar-refractivity contribution in [3.63, 3.8) is 0 Å². The smallest absolute Gasteiger partial charge is 0.387 e. The number of alkyl halides is 2. The van der Waals surface area contributed by atoms with E-state index in [1.807, 2.05) is 19.1 Å². The highest BCUT2D eigenvalue weighted by Crippen LogP contribution is 2.22. The van der Waals surface area contributed by atoms with E-state index in [4.69, 9.17) is 4.52 Å². The molecule has 0 saturated heterocycles. The average molecular weight is 394 g/mol. The molecule has 6 nitrogen and oxygen atoms in total. The number of hydrogen-bond donors (Lipinski definition) is 2. The largest absolute Gasteiger partial charge is 0.435 e. The van der Waals surface area contributed by atoms with Crippen LogP contribution in [-0.2, 0) is 13.1 Å². The van der Waals surface area contributed by atoms with E-state index in [9.17, 15) is 8.78 Å². The van der Waals surface area contributed by atoms with Gasteiger partial charge in [0, 0.05) is 18.5 Å². The summed E-state index contributed by atoms with van der Waals surface area (Å²) in [4.78, 5) is 4.48. The van der Waals surface area contributed by atoms with Gasteiger partial charge in [-0.25, -0.2) is 4.99 Å². The predicted octanol–water partition coefficient (Wildman–Crippen LogP) is 4.43. The van der Waals surface area contributed by atoms with Gasteiger partial charge in [-0.05, 0) is 37.5 Å². The first-order chi connectivity index (χ1) is 13.5. The Morgan fingerprint density at radius 3 is 2.64 bits per heavy atom. The summed E-state index contributed by atoms with van der Waals surface area (Å²) in [7, 11) is 0. The number of rotatable bonds is 10. The fourth-order valence-electron chi connectivity index (χ4n) is 2.81. The quantitative estimate of drug-likeness (QED) is 0.461. The van der Waals surface area contributed by atoms with E-state index >= 15 is 0 Å². The maximum absolute atomic E-state index is 12.3. The van der Waals surface area contributed by atoms with E-state index in [1.165, 1.54) is 6.07 Å². The molecule has 1 heterocycles. The summed E-state index contributed by atoms with van der Waals surface area (Å²) in [6.45, 7) is 4.86. The van der Waals surface area contributed by atoms with Crippen LogP contribution in [0.2, 0.25) is 0 Å². The molecule has 2 aromatic rings. The van der Waals surface area contributed by atoms with Crippen molar-refractivity contribution in [2.75, 3.05) is 6.54 Å². The van der Waals surface area contributed by atoms with Gasteiger partial charge in [-0.15, -0.1) is 0 Å². The van der Waals surface area contributed by atoms with Crippen LogP contribution in [0.4, 0.5) is 8.78 Å². The number of ether oxygens (including phenoxy) is 1. The van der Waals surface area contributed by atoms with Crippen molar-refractivity contribution in [2.45, 2.75) is 59.2 Å². The molecule has 0 bridgehead atoms. The summed E-state index contributed by atoms with van der Waals surface area (Å²) in [5.74, 6) is 1.86. The van der Waals surface area contributed by atoms with E-state index < -0.39 is 6.61 Å². The summed E-state index contributed by atoms with van der Waals surface area (Å²) in [5.41, 5.74) is 1.74. The molecule has 0 spiro atoms. The summed E-state index contributed by atoms with van der Waals surface area (Å²) in [6, 6.07) is 8.49. The van der Waals surface area contributed by atoms with Crippen LogP contribution in [0.1, 0.15) is 56.5 Å². The van der Waals surface area contributed by atoms with E-state index in [0.29, 0.717) is 31.5 Å². The molecular weight excluding hydrogens is 366 g/mol. The molecule has 0 aliphatic carbocycles. The van der Waals surface area contributed by atoms with Crippen molar-refractivity contribution >= 4 is 5.96 Å². The Morgan fingerprint density at radius 1 is 1.18 bits per heavy atom. The molecule has 2 rings (SSSR count). The summed E-state index contributed by atoms with van der Waals surface area (Å²) < 4.78 is 34.5. The standard InChI is InChI=1S/C20H28F2N4O2/c1-4-15(5-2)18-11-17(28-26-18)13-25-20(23-6-3)24-12-14-8-7-9-16(10-14)27-19(21)22/h7-11,15,19H,4-6,12-13H2,1-3H3,(H2,23,24,25). The van der Waals surface area contributed by atoms with Crippen LogP contribution in [0.15, 0.2) is 39.8 Å². The normalized spacial score (nSPS) is 11.9. The molecule has 0 unspecified atom stereocenters. The SMILES string of the molecule is CCNC(=NCc1cccc(OC(F)F)c1)NCc1cc(C(CC)CC)no1. The van der Waals surface area contributed by atoms with Gasteiger partial charge in [0.15, 0.2) is 11.7 Å². The van der Waals surface area contributed by atoms with Gasteiger partial charge in [-0.2, -0.15) is 8.78 Å². The van der Waals surface area contributed by atoms with Crippen molar-refractivity contribution in [1.82, 2.24) is 15.8 Å². The van der Waals surface area contributed by atoms with Crippen molar-refractivity contribution in [2.24, 2.45) is 4.99 Å².